The van der Waals surface area contributed by atoms with Gasteiger partial charge in [-0.25, -0.2) is 4.79 Å². The smallest absolute Gasteiger partial charge is 0.319 e. The van der Waals surface area contributed by atoms with E-state index in [0.717, 1.165) is 11.3 Å². The fourth-order valence-corrected chi connectivity index (χ4v) is 2.08. The fourth-order valence-electron chi connectivity index (χ4n) is 2.08. The second kappa shape index (κ2) is 9.10. The number of rotatable bonds is 8. The van der Waals surface area contributed by atoms with E-state index < -0.39 is 0 Å². The summed E-state index contributed by atoms with van der Waals surface area (Å²) in [5.74, 6) is 0.771. The second-order valence-corrected chi connectivity index (χ2v) is 5.82. The van der Waals surface area contributed by atoms with Crippen molar-refractivity contribution in [2.24, 2.45) is 5.92 Å². The zero-order valence-corrected chi connectivity index (χ0v) is 14.0. The van der Waals surface area contributed by atoms with Crippen LogP contribution in [0.3, 0.4) is 0 Å². The first kappa shape index (κ1) is 18.0. The maximum Gasteiger partial charge on any atom is 0.319 e. The lowest BCUT2D eigenvalue weighted by Gasteiger charge is -2.19. The van der Waals surface area contributed by atoms with Crippen LogP contribution in [0.1, 0.15) is 25.2 Å². The predicted molar refractivity (Wildman–Crippen MR) is 91.5 cm³/mol. The molecular weight excluding hydrogens is 308 g/mol. The molecule has 1 aromatic carbocycles. The maximum atomic E-state index is 12.0. The highest BCUT2D eigenvalue weighted by molar-refractivity contribution is 5.89. The monoisotopic (exact) mass is 332 g/mol. The van der Waals surface area contributed by atoms with Crippen molar-refractivity contribution in [3.05, 3.63) is 54.0 Å². The van der Waals surface area contributed by atoms with Gasteiger partial charge in [-0.3, -0.25) is 0 Å². The van der Waals surface area contributed by atoms with Crippen LogP contribution in [0.25, 0.3) is 0 Å². The maximum absolute atomic E-state index is 12.0. The minimum atomic E-state index is -0.295. The molecule has 0 fully saturated rings. The van der Waals surface area contributed by atoms with E-state index in [1.807, 2.05) is 50.2 Å². The molecule has 2 atom stereocenters. The lowest BCUT2D eigenvalue weighted by Crippen LogP contribution is -2.40. The minimum absolute atomic E-state index is 0.00270. The van der Waals surface area contributed by atoms with E-state index >= 15 is 0 Å². The van der Waals surface area contributed by atoms with Gasteiger partial charge in [0.25, 0.3) is 0 Å². The molecule has 0 bridgehead atoms. The summed E-state index contributed by atoms with van der Waals surface area (Å²) in [5.41, 5.74) is 1.64. The third-order valence-corrected chi connectivity index (χ3v) is 3.78. The number of aliphatic hydroxyl groups is 1. The third kappa shape index (κ3) is 5.72. The normalized spacial score (nSPS) is 13.3. The molecule has 0 aliphatic heterocycles. The van der Waals surface area contributed by atoms with Crippen molar-refractivity contribution < 1.29 is 19.1 Å². The Labute approximate surface area is 141 Å². The summed E-state index contributed by atoms with van der Waals surface area (Å²) in [6.07, 6.45) is 1.61. The van der Waals surface area contributed by atoms with E-state index in [9.17, 15) is 4.79 Å². The topological polar surface area (TPSA) is 83.7 Å². The van der Waals surface area contributed by atoms with Crippen molar-refractivity contribution in [3.63, 3.8) is 0 Å². The average molecular weight is 332 g/mol. The second-order valence-electron chi connectivity index (χ2n) is 5.82. The highest BCUT2D eigenvalue weighted by Gasteiger charge is 2.13. The van der Waals surface area contributed by atoms with Gasteiger partial charge >= 0.3 is 6.03 Å². The molecule has 24 heavy (non-hydrogen) atoms. The van der Waals surface area contributed by atoms with E-state index in [4.69, 9.17) is 14.3 Å². The number of amides is 2. The third-order valence-electron chi connectivity index (χ3n) is 3.78. The van der Waals surface area contributed by atoms with Crippen molar-refractivity contribution in [1.82, 2.24) is 5.32 Å². The standard InChI is InChI=1S/C18H24N2O4/c1-13(10-21)14(2)19-18(22)20-16-6-3-5-15(9-16)11-23-12-17-7-4-8-24-17/h3-9,13-14,21H,10-12H2,1-2H3,(H2,19,20,22). The molecule has 6 heteroatoms. The van der Waals surface area contributed by atoms with Crippen molar-refractivity contribution in [2.45, 2.75) is 33.1 Å². The molecule has 0 radical (unpaired) electrons. The van der Waals surface area contributed by atoms with Crippen molar-refractivity contribution in [2.75, 3.05) is 11.9 Å². The number of furan rings is 1. The van der Waals surface area contributed by atoms with Crippen LogP contribution in [0.4, 0.5) is 10.5 Å². The zero-order chi connectivity index (χ0) is 17.4. The minimum Gasteiger partial charge on any atom is -0.467 e. The van der Waals surface area contributed by atoms with Gasteiger partial charge in [-0.15, -0.1) is 0 Å². The summed E-state index contributed by atoms with van der Waals surface area (Å²) in [7, 11) is 0. The number of ether oxygens (including phenoxy) is 1. The summed E-state index contributed by atoms with van der Waals surface area (Å²) < 4.78 is 10.8. The number of carbonyl (C=O) groups excluding carboxylic acids is 1. The molecule has 0 saturated carbocycles. The summed E-state index contributed by atoms with van der Waals surface area (Å²) >= 11 is 0. The molecule has 130 valence electrons. The Hall–Kier alpha value is -2.31. The molecule has 1 aromatic heterocycles. The number of benzene rings is 1. The van der Waals surface area contributed by atoms with Gasteiger partial charge in [-0.1, -0.05) is 19.1 Å². The van der Waals surface area contributed by atoms with Gasteiger partial charge in [-0.2, -0.15) is 0 Å². The van der Waals surface area contributed by atoms with E-state index in [1.165, 1.54) is 0 Å². The molecule has 6 nitrogen and oxygen atoms in total. The number of nitrogens with one attached hydrogen (secondary N) is 2. The van der Waals surface area contributed by atoms with Gasteiger partial charge in [0.1, 0.15) is 12.4 Å². The Morgan fingerprint density at radius 2 is 2.08 bits per heavy atom. The van der Waals surface area contributed by atoms with E-state index in [1.54, 1.807) is 6.26 Å². The molecule has 3 N–H and O–H groups in total. The zero-order valence-electron chi connectivity index (χ0n) is 14.0. The van der Waals surface area contributed by atoms with Crippen LogP contribution in [-0.2, 0) is 18.0 Å². The Balaban J connectivity index is 1.82. The summed E-state index contributed by atoms with van der Waals surface area (Å²) in [6, 6.07) is 10.7. The molecule has 2 unspecified atom stereocenters. The molecule has 0 spiro atoms. The average Bonchev–Trinajstić information content (AvgIpc) is 3.07. The molecule has 2 rings (SSSR count). The quantitative estimate of drug-likeness (QED) is 0.693. The van der Waals surface area contributed by atoms with Crippen LogP contribution in [0, 0.1) is 5.92 Å². The highest BCUT2D eigenvalue weighted by Crippen LogP contribution is 2.13. The Morgan fingerprint density at radius 3 is 2.79 bits per heavy atom. The number of aliphatic hydroxyl groups excluding tert-OH is 1. The molecule has 1 heterocycles. The molecule has 2 amide bonds. The van der Waals surface area contributed by atoms with Crippen LogP contribution < -0.4 is 10.6 Å². The first-order chi connectivity index (χ1) is 11.6. The van der Waals surface area contributed by atoms with Crippen molar-refractivity contribution in [3.8, 4) is 0 Å². The van der Waals surface area contributed by atoms with Crippen LogP contribution in [0.15, 0.2) is 47.1 Å². The SMILES string of the molecule is CC(CO)C(C)NC(=O)Nc1cccc(COCc2ccco2)c1. The number of carbonyl (C=O) groups is 1. The Kier molecular flexibility index (Phi) is 6.84. The number of urea groups is 1. The van der Waals surface area contributed by atoms with Gasteiger partial charge in [0.2, 0.25) is 0 Å². The van der Waals surface area contributed by atoms with Gasteiger partial charge in [0.15, 0.2) is 0 Å². The summed E-state index contributed by atoms with van der Waals surface area (Å²) in [6.45, 7) is 4.60. The van der Waals surface area contributed by atoms with Crippen molar-refractivity contribution in [1.29, 1.82) is 0 Å². The summed E-state index contributed by atoms with van der Waals surface area (Å²) in [4.78, 5) is 12.0. The van der Waals surface area contributed by atoms with Gasteiger partial charge < -0.3 is 24.9 Å². The largest absolute Gasteiger partial charge is 0.467 e. The Bertz CT molecular complexity index is 628. The van der Waals surface area contributed by atoms with Crippen LogP contribution in [-0.4, -0.2) is 23.8 Å². The lowest BCUT2D eigenvalue weighted by atomic mass is 10.1. The predicted octanol–water partition coefficient (Wildman–Crippen LogP) is 3.13. The number of hydrogen-bond donors (Lipinski definition) is 3. The molecule has 0 aliphatic carbocycles. The van der Waals surface area contributed by atoms with E-state index in [0.29, 0.717) is 18.9 Å². The van der Waals surface area contributed by atoms with Crippen molar-refractivity contribution >= 4 is 11.7 Å². The Morgan fingerprint density at radius 1 is 1.25 bits per heavy atom. The van der Waals surface area contributed by atoms with Crippen LogP contribution in [0.5, 0.6) is 0 Å². The van der Waals surface area contributed by atoms with Gasteiger partial charge in [0.05, 0.1) is 12.9 Å². The van der Waals surface area contributed by atoms with Gasteiger partial charge in [-0.05, 0) is 42.7 Å². The van der Waals surface area contributed by atoms with E-state index in [-0.39, 0.29) is 24.6 Å². The number of hydrogen-bond acceptors (Lipinski definition) is 4. The summed E-state index contributed by atoms with van der Waals surface area (Å²) in [5, 5.41) is 14.7. The highest BCUT2D eigenvalue weighted by atomic mass is 16.5. The molecule has 0 saturated heterocycles. The first-order valence-corrected chi connectivity index (χ1v) is 7.96. The number of anilines is 1. The first-order valence-electron chi connectivity index (χ1n) is 7.96. The fraction of sp³-hybridized carbons (Fsp3) is 0.389. The molecule has 0 aliphatic rings. The van der Waals surface area contributed by atoms with Gasteiger partial charge in [0, 0.05) is 18.3 Å². The van der Waals surface area contributed by atoms with E-state index in [2.05, 4.69) is 10.6 Å². The van der Waals surface area contributed by atoms with Crippen LogP contribution >= 0.6 is 0 Å². The molecule has 2 aromatic rings. The van der Waals surface area contributed by atoms with Crippen LogP contribution in [0.2, 0.25) is 0 Å². The molecular formula is C18H24N2O4. The lowest BCUT2D eigenvalue weighted by molar-refractivity contribution is 0.0930.